The zero-order chi connectivity index (χ0) is 33.1. The predicted octanol–water partition coefficient (Wildman–Crippen LogP) is 4.42. The molecule has 4 N–H and O–H groups in total. The highest BCUT2D eigenvalue weighted by Gasteiger charge is 2.23. The predicted molar refractivity (Wildman–Crippen MR) is 178 cm³/mol. The first-order valence-corrected chi connectivity index (χ1v) is 15.4. The van der Waals surface area contributed by atoms with Crippen LogP contribution in [-0.2, 0) is 7.05 Å². The Morgan fingerprint density at radius 1 is 1.06 bits per heavy atom. The number of rotatable bonds is 10. The summed E-state index contributed by atoms with van der Waals surface area (Å²) in [6, 6.07) is 20.6. The molecular weight excluding hydrogens is 601 g/mol. The van der Waals surface area contributed by atoms with Gasteiger partial charge < -0.3 is 25.8 Å². The van der Waals surface area contributed by atoms with E-state index in [4.69, 9.17) is 10.5 Å². The van der Waals surface area contributed by atoms with Gasteiger partial charge in [-0.25, -0.2) is 19.0 Å². The standard InChI is InChI=1S/C35H36FN7O4/c1-22-30(35(46)43(41(22)2)25-9-4-3-5-10-25)34(45)39-24-15-13-23(14-16-24)32-33(37)38-19-28(40-32)27-11-8-12-29(31(27)36)47-21-26(44)20-42-17-6-7-18-42/h3-5,8-16,19,26,44H,6-7,17-18,20-21H2,1-2H3,(H2,37,38)(H,39,45). The number of carbonyl (C=O) groups excluding carboxylic acids is 1. The number of halogens is 1. The number of nitrogen functional groups attached to an aromatic ring is 1. The van der Waals surface area contributed by atoms with Crippen molar-refractivity contribution in [2.75, 3.05) is 37.3 Å². The van der Waals surface area contributed by atoms with Crippen LogP contribution in [0.3, 0.4) is 0 Å². The molecule has 1 atom stereocenters. The second-order valence-corrected chi connectivity index (χ2v) is 11.5. The fourth-order valence-corrected chi connectivity index (χ4v) is 5.80. The molecule has 3 aromatic carbocycles. The van der Waals surface area contributed by atoms with Crippen molar-refractivity contribution in [1.29, 1.82) is 0 Å². The van der Waals surface area contributed by atoms with Gasteiger partial charge in [-0.05, 0) is 69.3 Å². The maximum absolute atomic E-state index is 15.6. The summed E-state index contributed by atoms with van der Waals surface area (Å²) in [6.45, 7) is 4.06. The maximum Gasteiger partial charge on any atom is 0.284 e. The lowest BCUT2D eigenvalue weighted by Gasteiger charge is -2.20. The molecule has 1 amide bonds. The molecule has 2 aromatic heterocycles. The fourth-order valence-electron chi connectivity index (χ4n) is 5.80. The van der Waals surface area contributed by atoms with Crippen molar-refractivity contribution >= 4 is 17.4 Å². The minimum absolute atomic E-state index is 0.00687. The minimum atomic E-state index is -0.739. The highest BCUT2D eigenvalue weighted by atomic mass is 19.1. The summed E-state index contributed by atoms with van der Waals surface area (Å²) in [6.07, 6.45) is 2.88. The van der Waals surface area contributed by atoms with Crippen LogP contribution in [0.1, 0.15) is 28.9 Å². The molecule has 0 spiro atoms. The third kappa shape index (κ3) is 6.64. The number of nitrogens with zero attached hydrogens (tertiary/aromatic N) is 5. The minimum Gasteiger partial charge on any atom is -0.488 e. The Hall–Kier alpha value is -5.33. The molecule has 3 heterocycles. The molecular formula is C35H36FN7O4. The van der Waals surface area contributed by atoms with Crippen molar-refractivity contribution in [3.8, 4) is 34.0 Å². The molecule has 47 heavy (non-hydrogen) atoms. The van der Waals surface area contributed by atoms with Crippen LogP contribution in [-0.4, -0.2) is 67.6 Å². The lowest BCUT2D eigenvalue weighted by molar-refractivity contribution is 0.0743. The van der Waals surface area contributed by atoms with Crippen molar-refractivity contribution in [2.45, 2.75) is 25.9 Å². The number of hydrogen-bond acceptors (Lipinski definition) is 8. The van der Waals surface area contributed by atoms with Gasteiger partial charge in [0, 0.05) is 30.4 Å². The first kappa shape index (κ1) is 31.6. The first-order valence-electron chi connectivity index (χ1n) is 15.4. The number of ether oxygens (including phenoxy) is 1. The quantitative estimate of drug-likeness (QED) is 0.205. The topological polar surface area (TPSA) is 141 Å². The molecule has 12 heteroatoms. The van der Waals surface area contributed by atoms with E-state index in [0.717, 1.165) is 25.9 Å². The summed E-state index contributed by atoms with van der Waals surface area (Å²) in [7, 11) is 1.73. The average Bonchev–Trinajstić information content (AvgIpc) is 3.66. The van der Waals surface area contributed by atoms with Crippen molar-refractivity contribution in [2.24, 2.45) is 7.05 Å². The van der Waals surface area contributed by atoms with Crippen molar-refractivity contribution in [1.82, 2.24) is 24.2 Å². The molecule has 242 valence electrons. The molecule has 0 radical (unpaired) electrons. The van der Waals surface area contributed by atoms with E-state index in [2.05, 4.69) is 20.2 Å². The van der Waals surface area contributed by atoms with E-state index in [1.54, 1.807) is 67.2 Å². The van der Waals surface area contributed by atoms with E-state index in [1.165, 1.54) is 16.9 Å². The molecule has 0 aliphatic carbocycles. The van der Waals surface area contributed by atoms with Gasteiger partial charge in [-0.1, -0.05) is 36.4 Å². The van der Waals surface area contributed by atoms with Crippen molar-refractivity contribution in [3.63, 3.8) is 0 Å². The number of hydrogen-bond donors (Lipinski definition) is 3. The number of aromatic nitrogens is 4. The Morgan fingerprint density at radius 3 is 2.51 bits per heavy atom. The highest BCUT2D eigenvalue weighted by molar-refractivity contribution is 6.05. The van der Waals surface area contributed by atoms with Gasteiger partial charge in [-0.15, -0.1) is 0 Å². The third-order valence-corrected chi connectivity index (χ3v) is 8.34. The Balaban J connectivity index is 1.18. The molecule has 1 saturated heterocycles. The molecule has 1 fully saturated rings. The number of nitrogens with one attached hydrogen (secondary N) is 1. The first-order chi connectivity index (χ1) is 22.7. The average molecular weight is 638 g/mol. The summed E-state index contributed by atoms with van der Waals surface area (Å²) in [4.78, 5) is 37.5. The molecule has 5 aromatic rings. The van der Waals surface area contributed by atoms with Crippen LogP contribution < -0.4 is 21.3 Å². The number of amides is 1. The number of anilines is 2. The molecule has 6 rings (SSSR count). The van der Waals surface area contributed by atoms with Crippen LogP contribution in [0.2, 0.25) is 0 Å². The number of aliphatic hydroxyl groups excluding tert-OH is 1. The van der Waals surface area contributed by atoms with Crippen LogP contribution >= 0.6 is 0 Å². The van der Waals surface area contributed by atoms with Gasteiger partial charge in [0.1, 0.15) is 29.8 Å². The maximum atomic E-state index is 15.6. The number of para-hydroxylation sites is 1. The molecule has 1 aliphatic rings. The van der Waals surface area contributed by atoms with E-state index in [0.29, 0.717) is 34.9 Å². The summed E-state index contributed by atoms with van der Waals surface area (Å²) >= 11 is 0. The summed E-state index contributed by atoms with van der Waals surface area (Å²) < 4.78 is 24.3. The Bertz CT molecular complexity index is 1950. The van der Waals surface area contributed by atoms with Gasteiger partial charge in [0.05, 0.1) is 23.3 Å². The highest BCUT2D eigenvalue weighted by Crippen LogP contribution is 2.31. The van der Waals surface area contributed by atoms with E-state index in [1.807, 2.05) is 18.2 Å². The lowest BCUT2D eigenvalue weighted by Crippen LogP contribution is -2.33. The second kappa shape index (κ2) is 13.6. The van der Waals surface area contributed by atoms with Gasteiger partial charge in [0.15, 0.2) is 11.6 Å². The SMILES string of the molecule is Cc1c(C(=O)Nc2ccc(-c3nc(-c4cccc(OCC(O)CN5CCCC5)c4F)cnc3N)cc2)c(=O)n(-c2ccccc2)n1C. The van der Waals surface area contributed by atoms with Crippen LogP contribution in [0.5, 0.6) is 5.75 Å². The fraction of sp³-hybridized carbons (Fsp3) is 0.257. The number of β-amino-alcohol motifs (C(OH)–C–C–N with tert-alkyl or cyclic N) is 1. The van der Waals surface area contributed by atoms with Gasteiger partial charge >= 0.3 is 0 Å². The van der Waals surface area contributed by atoms with E-state index in [9.17, 15) is 14.7 Å². The zero-order valence-electron chi connectivity index (χ0n) is 26.2. The largest absolute Gasteiger partial charge is 0.488 e. The van der Waals surface area contributed by atoms with Crippen LogP contribution in [0.25, 0.3) is 28.2 Å². The molecule has 0 bridgehead atoms. The smallest absolute Gasteiger partial charge is 0.284 e. The van der Waals surface area contributed by atoms with Crippen LogP contribution in [0.15, 0.2) is 83.8 Å². The molecule has 1 aliphatic heterocycles. The summed E-state index contributed by atoms with van der Waals surface area (Å²) in [5.74, 6) is -1.00. The van der Waals surface area contributed by atoms with Crippen LogP contribution in [0, 0.1) is 12.7 Å². The molecule has 1 unspecified atom stereocenters. The van der Waals surface area contributed by atoms with Gasteiger partial charge in [0.25, 0.3) is 11.5 Å². The lowest BCUT2D eigenvalue weighted by atomic mass is 10.1. The third-order valence-electron chi connectivity index (χ3n) is 8.34. The number of aliphatic hydroxyl groups is 1. The zero-order valence-corrected chi connectivity index (χ0v) is 26.2. The Morgan fingerprint density at radius 2 is 1.79 bits per heavy atom. The van der Waals surface area contributed by atoms with Gasteiger partial charge in [0.2, 0.25) is 0 Å². The summed E-state index contributed by atoms with van der Waals surface area (Å²) in [5, 5.41) is 13.2. The van der Waals surface area contributed by atoms with E-state index < -0.39 is 23.4 Å². The number of nitrogens with two attached hydrogens (primary N) is 1. The number of carbonyl (C=O) groups is 1. The molecule has 11 nitrogen and oxygen atoms in total. The number of likely N-dealkylation sites (tertiary alicyclic amines) is 1. The Kier molecular flexibility index (Phi) is 9.14. The number of benzene rings is 3. The van der Waals surface area contributed by atoms with Gasteiger partial charge in [-0.2, -0.15) is 0 Å². The normalized spacial score (nSPS) is 13.9. The summed E-state index contributed by atoms with van der Waals surface area (Å²) in [5.41, 5.74) is 8.77. The van der Waals surface area contributed by atoms with Crippen molar-refractivity contribution in [3.05, 3.63) is 106 Å². The van der Waals surface area contributed by atoms with Crippen LogP contribution in [0.4, 0.5) is 15.9 Å². The molecule has 0 saturated carbocycles. The van der Waals surface area contributed by atoms with Gasteiger partial charge in [-0.3, -0.25) is 14.3 Å². The monoisotopic (exact) mass is 637 g/mol. The van der Waals surface area contributed by atoms with Crippen molar-refractivity contribution < 1.29 is 19.0 Å². The second-order valence-electron chi connectivity index (χ2n) is 11.5. The van der Waals surface area contributed by atoms with E-state index >= 15 is 4.39 Å². The van der Waals surface area contributed by atoms with E-state index in [-0.39, 0.29) is 35.0 Å². The Labute approximate surface area is 271 Å².